The van der Waals surface area contributed by atoms with Crippen molar-refractivity contribution in [2.45, 2.75) is 31.1 Å². The molecule has 1 unspecified atom stereocenters. The molecule has 2 aromatic rings. The smallest absolute Gasteiger partial charge is 0.257 e. The summed E-state index contributed by atoms with van der Waals surface area (Å²) < 4.78 is 31.9. The molecular weight excluding hydrogens is 334 g/mol. The van der Waals surface area contributed by atoms with E-state index in [1.165, 1.54) is 6.07 Å². The number of fused-ring (bicyclic) bond motifs is 1. The molecule has 0 radical (unpaired) electrons. The van der Waals surface area contributed by atoms with Crippen molar-refractivity contribution < 1.29 is 22.9 Å². The molecule has 4 rings (SSSR count). The first-order valence-electron chi connectivity index (χ1n) is 7.85. The van der Waals surface area contributed by atoms with E-state index < -0.39 is 17.7 Å². The lowest BCUT2D eigenvalue weighted by Gasteiger charge is -2.06. The van der Waals surface area contributed by atoms with E-state index in [0.29, 0.717) is 17.7 Å². The summed E-state index contributed by atoms with van der Waals surface area (Å²) in [5.74, 6) is -3.44. The Morgan fingerprint density at radius 2 is 2.12 bits per heavy atom. The molecule has 2 aliphatic rings. The van der Waals surface area contributed by atoms with Crippen molar-refractivity contribution in [3.63, 3.8) is 0 Å². The summed E-state index contributed by atoms with van der Waals surface area (Å²) in [6.07, 6.45) is -0.157. The molecule has 1 fully saturated rings. The van der Waals surface area contributed by atoms with Crippen LogP contribution in [0, 0.1) is 0 Å². The highest BCUT2D eigenvalue weighted by molar-refractivity contribution is 6.09. The largest absolute Gasteiger partial charge is 0.343 e. The lowest BCUT2D eigenvalue weighted by atomic mass is 10.1. The minimum Gasteiger partial charge on any atom is -0.343 e. The van der Waals surface area contributed by atoms with Crippen LogP contribution in [0.15, 0.2) is 22.7 Å². The minimum absolute atomic E-state index is 0.108. The van der Waals surface area contributed by atoms with E-state index in [0.717, 1.165) is 0 Å². The maximum absolute atomic E-state index is 13.3. The van der Waals surface area contributed by atoms with E-state index in [2.05, 4.69) is 20.8 Å². The first kappa shape index (κ1) is 15.7. The van der Waals surface area contributed by atoms with Crippen LogP contribution in [0.4, 0.5) is 14.5 Å². The number of aromatic nitrogens is 2. The van der Waals surface area contributed by atoms with Crippen molar-refractivity contribution in [3.05, 3.63) is 29.6 Å². The summed E-state index contributed by atoms with van der Waals surface area (Å²) in [7, 11) is 0. The Kier molecular flexibility index (Phi) is 3.52. The average Bonchev–Trinajstić information content (AvgIpc) is 3.16. The molecule has 2 heterocycles. The summed E-state index contributed by atoms with van der Waals surface area (Å²) in [5.41, 5.74) is 1.14. The van der Waals surface area contributed by atoms with E-state index in [4.69, 9.17) is 4.52 Å². The predicted octanol–water partition coefficient (Wildman–Crippen LogP) is 2.32. The number of anilines is 1. The van der Waals surface area contributed by atoms with E-state index >= 15 is 0 Å². The van der Waals surface area contributed by atoms with Crippen molar-refractivity contribution in [2.24, 2.45) is 0 Å². The third-order valence-electron chi connectivity index (χ3n) is 4.41. The molecule has 1 atom stereocenters. The number of carbonyl (C=O) groups excluding carboxylic acids is 2. The fourth-order valence-electron chi connectivity index (χ4n) is 3.11. The molecule has 2 amide bonds. The van der Waals surface area contributed by atoms with Gasteiger partial charge in [-0.1, -0.05) is 5.16 Å². The first-order chi connectivity index (χ1) is 11.9. The van der Waals surface area contributed by atoms with Crippen molar-refractivity contribution in [1.29, 1.82) is 0 Å². The Morgan fingerprint density at radius 1 is 1.28 bits per heavy atom. The second-order valence-electron chi connectivity index (χ2n) is 6.24. The number of benzene rings is 1. The Bertz CT molecular complexity index is 865. The number of hydrogen-bond acceptors (Lipinski definition) is 5. The topological polar surface area (TPSA) is 97.1 Å². The van der Waals surface area contributed by atoms with Gasteiger partial charge in [-0.25, -0.2) is 8.78 Å². The molecule has 9 heteroatoms. The summed E-state index contributed by atoms with van der Waals surface area (Å²) in [6.45, 7) is -0.108. The molecule has 0 saturated heterocycles. The van der Waals surface area contributed by atoms with Crippen LogP contribution < -0.4 is 10.6 Å². The van der Waals surface area contributed by atoms with Crippen molar-refractivity contribution >= 4 is 17.5 Å². The van der Waals surface area contributed by atoms with Crippen molar-refractivity contribution in [2.75, 3.05) is 11.9 Å². The van der Waals surface area contributed by atoms with E-state index in [9.17, 15) is 18.4 Å². The average molecular weight is 348 g/mol. The first-order valence-corrected chi connectivity index (χ1v) is 7.85. The van der Waals surface area contributed by atoms with Crippen LogP contribution in [0.1, 0.15) is 41.4 Å². The highest BCUT2D eigenvalue weighted by Crippen LogP contribution is 2.43. The fraction of sp³-hybridized carbons (Fsp3) is 0.375. The molecule has 130 valence electrons. The summed E-state index contributed by atoms with van der Waals surface area (Å²) in [5, 5.41) is 8.92. The van der Waals surface area contributed by atoms with E-state index in [1.807, 2.05) is 0 Å². The maximum Gasteiger partial charge on any atom is 0.257 e. The quantitative estimate of drug-likeness (QED) is 0.868. The molecule has 7 nitrogen and oxygen atoms in total. The lowest BCUT2D eigenvalue weighted by molar-refractivity contribution is -0.115. The summed E-state index contributed by atoms with van der Waals surface area (Å²) in [4.78, 5) is 27.8. The zero-order chi connectivity index (χ0) is 17.6. The normalized spacial score (nSPS) is 22.1. The van der Waals surface area contributed by atoms with E-state index in [1.54, 1.807) is 12.1 Å². The number of rotatable bonds is 2. The zero-order valence-corrected chi connectivity index (χ0v) is 13.0. The summed E-state index contributed by atoms with van der Waals surface area (Å²) >= 11 is 0. The fourth-order valence-corrected chi connectivity index (χ4v) is 3.11. The number of hydrogen-bond donors (Lipinski definition) is 2. The van der Waals surface area contributed by atoms with Gasteiger partial charge in [0.05, 0.1) is 17.8 Å². The molecular formula is C16H14F2N4O3. The minimum atomic E-state index is -2.69. The van der Waals surface area contributed by atoms with Crippen LogP contribution in [0.2, 0.25) is 0 Å². The monoisotopic (exact) mass is 348 g/mol. The Morgan fingerprint density at radius 3 is 2.88 bits per heavy atom. The van der Waals surface area contributed by atoms with Gasteiger partial charge in [-0.2, -0.15) is 4.98 Å². The van der Waals surface area contributed by atoms with Gasteiger partial charge in [0, 0.05) is 24.3 Å². The Labute approximate surface area is 140 Å². The molecule has 1 aromatic carbocycles. The highest BCUT2D eigenvalue weighted by atomic mass is 19.3. The third kappa shape index (κ3) is 2.97. The van der Waals surface area contributed by atoms with Gasteiger partial charge in [-0.15, -0.1) is 0 Å². The van der Waals surface area contributed by atoms with Gasteiger partial charge < -0.3 is 15.2 Å². The molecule has 0 bridgehead atoms. The Hall–Kier alpha value is -2.84. The lowest BCUT2D eigenvalue weighted by Crippen LogP contribution is -2.28. The van der Waals surface area contributed by atoms with Crippen LogP contribution in [-0.2, 0) is 4.79 Å². The second kappa shape index (κ2) is 5.61. The maximum atomic E-state index is 13.3. The van der Waals surface area contributed by atoms with Gasteiger partial charge >= 0.3 is 0 Å². The van der Waals surface area contributed by atoms with Crippen LogP contribution in [-0.4, -0.2) is 34.4 Å². The third-order valence-corrected chi connectivity index (χ3v) is 4.41. The number of nitrogens with zero attached hydrogens (tertiary/aromatic N) is 2. The van der Waals surface area contributed by atoms with Crippen molar-refractivity contribution in [1.82, 2.24) is 15.5 Å². The standard InChI is InChI=1S/C16H14F2N4O3/c17-16(18)4-3-9(6-16)13-21-15(25-22-13)8-1-2-11-10(5-8)14(24)19-7-12(23)20-11/h1-2,5,9H,3-4,6-7H2,(H,19,24)(H,20,23). The van der Waals surface area contributed by atoms with Crippen LogP contribution in [0.5, 0.6) is 0 Å². The number of amides is 2. The highest BCUT2D eigenvalue weighted by Gasteiger charge is 2.42. The number of halogens is 2. The van der Waals surface area contributed by atoms with E-state index in [-0.39, 0.29) is 42.6 Å². The van der Waals surface area contributed by atoms with Gasteiger partial charge in [0.15, 0.2) is 5.82 Å². The predicted molar refractivity (Wildman–Crippen MR) is 82.2 cm³/mol. The number of alkyl halides is 2. The van der Waals surface area contributed by atoms with Gasteiger partial charge in [0.1, 0.15) is 0 Å². The Balaban J connectivity index is 1.63. The van der Waals surface area contributed by atoms with Gasteiger partial charge in [0.2, 0.25) is 11.8 Å². The van der Waals surface area contributed by atoms with Gasteiger partial charge in [0.25, 0.3) is 11.8 Å². The van der Waals surface area contributed by atoms with Crippen LogP contribution in [0.25, 0.3) is 11.5 Å². The van der Waals surface area contributed by atoms with Gasteiger partial charge in [-0.05, 0) is 24.6 Å². The van der Waals surface area contributed by atoms with Gasteiger partial charge in [-0.3, -0.25) is 9.59 Å². The van der Waals surface area contributed by atoms with Crippen LogP contribution >= 0.6 is 0 Å². The van der Waals surface area contributed by atoms with Crippen molar-refractivity contribution in [3.8, 4) is 11.5 Å². The second-order valence-corrected chi connectivity index (χ2v) is 6.24. The molecule has 0 spiro atoms. The molecule has 1 saturated carbocycles. The van der Waals surface area contributed by atoms with Crippen LogP contribution in [0.3, 0.4) is 0 Å². The number of carbonyl (C=O) groups is 2. The molecule has 2 N–H and O–H groups in total. The zero-order valence-electron chi connectivity index (χ0n) is 13.0. The molecule has 25 heavy (non-hydrogen) atoms. The molecule has 1 aliphatic carbocycles. The molecule has 1 aliphatic heterocycles. The summed E-state index contributed by atoms with van der Waals surface area (Å²) in [6, 6.07) is 4.72. The number of nitrogens with one attached hydrogen (secondary N) is 2. The SMILES string of the molecule is O=C1CNC(=O)c2cc(-c3nc(C4CCC(F)(F)C4)no3)ccc2N1. The molecule has 1 aromatic heterocycles.